The van der Waals surface area contributed by atoms with Gasteiger partial charge in [0.05, 0.1) is 22.9 Å². The first-order valence-corrected chi connectivity index (χ1v) is 13.3. The minimum absolute atomic E-state index is 0.148. The molecule has 0 radical (unpaired) electrons. The maximum absolute atomic E-state index is 13.0. The lowest BCUT2D eigenvalue weighted by Crippen LogP contribution is -2.32. The Kier molecular flexibility index (Phi) is 9.74. The van der Waals surface area contributed by atoms with Crippen LogP contribution in [-0.2, 0) is 19.6 Å². The molecule has 9 heteroatoms. The fourth-order valence-electron chi connectivity index (χ4n) is 3.99. The zero-order chi connectivity index (χ0) is 24.4. The summed E-state index contributed by atoms with van der Waals surface area (Å²) in [7, 11) is -3.64. The van der Waals surface area contributed by atoms with E-state index in [0.29, 0.717) is 25.4 Å². The van der Waals surface area contributed by atoms with Crippen LogP contribution in [0.15, 0.2) is 53.4 Å². The number of sulfonamides is 1. The van der Waals surface area contributed by atoms with Crippen molar-refractivity contribution < 1.29 is 22.7 Å². The van der Waals surface area contributed by atoms with Crippen molar-refractivity contribution in [2.45, 2.75) is 38.0 Å². The second-order valence-corrected chi connectivity index (χ2v) is 10.0. The van der Waals surface area contributed by atoms with E-state index in [-0.39, 0.29) is 24.0 Å². The number of hydrogen-bond acceptors (Lipinski definition) is 6. The highest BCUT2D eigenvalue weighted by molar-refractivity contribution is 7.89. The van der Waals surface area contributed by atoms with Gasteiger partial charge in [0.15, 0.2) is 0 Å². The van der Waals surface area contributed by atoms with Gasteiger partial charge in [0.2, 0.25) is 15.9 Å². The van der Waals surface area contributed by atoms with Gasteiger partial charge in [-0.3, -0.25) is 4.79 Å². The maximum Gasteiger partial charge on any atom is 0.250 e. The third-order valence-corrected chi connectivity index (χ3v) is 7.80. The molecule has 1 fully saturated rings. The van der Waals surface area contributed by atoms with Crippen molar-refractivity contribution in [3.8, 4) is 5.75 Å². The number of benzene rings is 2. The summed E-state index contributed by atoms with van der Waals surface area (Å²) in [4.78, 5) is 15.0. The summed E-state index contributed by atoms with van der Waals surface area (Å²) in [5, 5.41) is 2.87. The van der Waals surface area contributed by atoms with Crippen molar-refractivity contribution in [2.75, 3.05) is 56.2 Å². The molecule has 0 aromatic heterocycles. The maximum atomic E-state index is 13.0. The molecule has 2 aromatic carbocycles. The smallest absolute Gasteiger partial charge is 0.250 e. The number of carbonyl (C=O) groups is 1. The molecule has 8 nitrogen and oxygen atoms in total. The molecule has 0 saturated carbocycles. The molecule has 0 spiro atoms. The van der Waals surface area contributed by atoms with Gasteiger partial charge in [-0.1, -0.05) is 32.0 Å². The average molecular weight is 490 g/mol. The normalized spacial score (nSPS) is 14.3. The highest BCUT2D eigenvalue weighted by atomic mass is 32.2. The average Bonchev–Trinajstić information content (AvgIpc) is 2.85. The lowest BCUT2D eigenvalue weighted by atomic mass is 10.1. The minimum Gasteiger partial charge on any atom is -0.491 e. The van der Waals surface area contributed by atoms with E-state index in [4.69, 9.17) is 9.47 Å². The SMILES string of the molecule is CCN(CC)S(=O)(=O)c1ccc(N2CCCCC2)c(NC(=O)COCCOc2ccccc2)c1. The molecule has 0 bridgehead atoms. The molecule has 1 heterocycles. The fourth-order valence-corrected chi connectivity index (χ4v) is 5.47. The number of amides is 1. The number of hydrogen-bond donors (Lipinski definition) is 1. The lowest BCUT2D eigenvalue weighted by Gasteiger charge is -2.31. The van der Waals surface area contributed by atoms with Crippen LogP contribution in [0, 0.1) is 0 Å². The van der Waals surface area contributed by atoms with Crippen molar-refractivity contribution in [1.82, 2.24) is 4.31 Å². The summed E-state index contributed by atoms with van der Waals surface area (Å²) in [6.45, 7) is 6.57. The molecule has 0 unspecified atom stereocenters. The van der Waals surface area contributed by atoms with Crippen LogP contribution >= 0.6 is 0 Å². The van der Waals surface area contributed by atoms with Gasteiger partial charge in [0, 0.05) is 26.2 Å². The predicted octanol–water partition coefficient (Wildman–Crippen LogP) is 3.74. The van der Waals surface area contributed by atoms with Crippen LogP contribution in [0.2, 0.25) is 0 Å². The van der Waals surface area contributed by atoms with Crippen molar-refractivity contribution in [3.63, 3.8) is 0 Å². The largest absolute Gasteiger partial charge is 0.491 e. The summed E-state index contributed by atoms with van der Waals surface area (Å²) in [6, 6.07) is 14.4. The van der Waals surface area contributed by atoms with Crippen LogP contribution in [0.25, 0.3) is 0 Å². The minimum atomic E-state index is -3.64. The van der Waals surface area contributed by atoms with Gasteiger partial charge in [0.1, 0.15) is 19.0 Å². The third kappa shape index (κ3) is 6.94. The first kappa shape index (κ1) is 26.0. The summed E-state index contributed by atoms with van der Waals surface area (Å²) in [5.74, 6) is 0.406. The Morgan fingerprint density at radius 1 is 1.00 bits per heavy atom. The number of piperidine rings is 1. The van der Waals surface area contributed by atoms with Crippen LogP contribution in [0.4, 0.5) is 11.4 Å². The van der Waals surface area contributed by atoms with E-state index >= 15 is 0 Å². The zero-order valence-corrected chi connectivity index (χ0v) is 20.9. The number of carbonyl (C=O) groups excluding carboxylic acids is 1. The van der Waals surface area contributed by atoms with Gasteiger partial charge in [0.25, 0.3) is 0 Å². The van der Waals surface area contributed by atoms with Crippen molar-refractivity contribution in [1.29, 1.82) is 0 Å². The van der Waals surface area contributed by atoms with E-state index in [1.807, 2.05) is 44.2 Å². The highest BCUT2D eigenvalue weighted by Crippen LogP contribution is 2.32. The van der Waals surface area contributed by atoms with E-state index in [1.165, 1.54) is 10.7 Å². The first-order valence-electron chi connectivity index (χ1n) is 11.9. The predicted molar refractivity (Wildman–Crippen MR) is 134 cm³/mol. The van der Waals surface area contributed by atoms with Gasteiger partial charge in [-0.15, -0.1) is 0 Å². The Bertz CT molecular complexity index is 1020. The van der Waals surface area contributed by atoms with Gasteiger partial charge in [-0.25, -0.2) is 8.42 Å². The molecule has 0 atom stereocenters. The Morgan fingerprint density at radius 3 is 2.38 bits per heavy atom. The number of nitrogens with one attached hydrogen (secondary N) is 1. The molecule has 1 aliphatic rings. The zero-order valence-electron chi connectivity index (χ0n) is 20.0. The van der Waals surface area contributed by atoms with Crippen LogP contribution in [0.1, 0.15) is 33.1 Å². The van der Waals surface area contributed by atoms with Crippen LogP contribution in [-0.4, -0.2) is 64.6 Å². The molecule has 1 N–H and O–H groups in total. The van der Waals surface area contributed by atoms with Crippen molar-refractivity contribution in [2.24, 2.45) is 0 Å². The van der Waals surface area contributed by atoms with Gasteiger partial charge < -0.3 is 19.7 Å². The second kappa shape index (κ2) is 12.7. The van der Waals surface area contributed by atoms with E-state index in [2.05, 4.69) is 10.2 Å². The Balaban J connectivity index is 1.67. The molecule has 2 aromatic rings. The number of ether oxygens (including phenoxy) is 2. The van der Waals surface area contributed by atoms with Crippen LogP contribution in [0.3, 0.4) is 0 Å². The molecule has 3 rings (SSSR count). The molecule has 1 amide bonds. The Labute approximate surface area is 202 Å². The third-order valence-electron chi connectivity index (χ3n) is 5.75. The quantitative estimate of drug-likeness (QED) is 0.457. The Morgan fingerprint density at radius 2 is 1.71 bits per heavy atom. The monoisotopic (exact) mass is 489 g/mol. The summed E-state index contributed by atoms with van der Waals surface area (Å²) >= 11 is 0. The highest BCUT2D eigenvalue weighted by Gasteiger charge is 2.24. The summed E-state index contributed by atoms with van der Waals surface area (Å²) < 4.78 is 38.5. The van der Waals surface area contributed by atoms with E-state index in [1.54, 1.807) is 18.2 Å². The Hall–Kier alpha value is -2.62. The van der Waals surface area contributed by atoms with Crippen molar-refractivity contribution in [3.05, 3.63) is 48.5 Å². The summed E-state index contributed by atoms with van der Waals surface area (Å²) in [6.07, 6.45) is 3.31. The molecular formula is C25H35N3O5S. The van der Waals surface area contributed by atoms with Gasteiger partial charge >= 0.3 is 0 Å². The number of rotatable bonds is 12. The first-order chi connectivity index (χ1) is 16.5. The van der Waals surface area contributed by atoms with Crippen LogP contribution in [0.5, 0.6) is 5.75 Å². The van der Waals surface area contributed by atoms with E-state index in [0.717, 1.165) is 37.4 Å². The molecular weight excluding hydrogens is 454 g/mol. The molecule has 186 valence electrons. The molecule has 1 saturated heterocycles. The number of nitrogens with zero attached hydrogens (tertiary/aromatic N) is 2. The topological polar surface area (TPSA) is 88.2 Å². The molecule has 1 aliphatic heterocycles. The molecule has 0 aliphatic carbocycles. The number of anilines is 2. The fraction of sp³-hybridized carbons (Fsp3) is 0.480. The van der Waals surface area contributed by atoms with E-state index < -0.39 is 10.0 Å². The number of para-hydroxylation sites is 1. The van der Waals surface area contributed by atoms with Crippen molar-refractivity contribution >= 4 is 27.3 Å². The summed E-state index contributed by atoms with van der Waals surface area (Å²) in [5.41, 5.74) is 1.32. The molecule has 34 heavy (non-hydrogen) atoms. The van der Waals surface area contributed by atoms with E-state index in [9.17, 15) is 13.2 Å². The van der Waals surface area contributed by atoms with Gasteiger partial charge in [-0.2, -0.15) is 4.31 Å². The second-order valence-electron chi connectivity index (χ2n) is 8.08. The standard InChI is InChI=1S/C25H35N3O5S/c1-3-28(4-2)34(30,31)22-13-14-24(27-15-9-6-10-16-27)23(19-22)26-25(29)20-32-17-18-33-21-11-7-5-8-12-21/h5,7-8,11-14,19H,3-4,6,9-10,15-18,20H2,1-2H3,(H,26,29). The lowest BCUT2D eigenvalue weighted by molar-refractivity contribution is -0.120. The van der Waals surface area contributed by atoms with Crippen LogP contribution < -0.4 is 15.0 Å². The van der Waals surface area contributed by atoms with Gasteiger partial charge in [-0.05, 0) is 49.6 Å².